The van der Waals surface area contributed by atoms with Gasteiger partial charge >= 0.3 is 5.97 Å². The molecule has 1 atom stereocenters. The zero-order valence-corrected chi connectivity index (χ0v) is 17.2. The van der Waals surface area contributed by atoms with E-state index in [1.807, 2.05) is 26.0 Å². The van der Waals surface area contributed by atoms with Crippen LogP contribution in [0.4, 0.5) is 0 Å². The maximum Gasteiger partial charge on any atom is 0.348 e. The molecule has 1 saturated carbocycles. The van der Waals surface area contributed by atoms with Gasteiger partial charge in [0.05, 0.1) is 0 Å². The van der Waals surface area contributed by atoms with E-state index in [4.69, 9.17) is 4.74 Å². The number of Topliss-reactive ketones (excluding diaryl/α,β-unsaturated/α-hetero) is 1. The molecule has 4 rings (SSSR count). The first-order valence-electron chi connectivity index (χ1n) is 9.98. The highest BCUT2D eigenvalue weighted by molar-refractivity contribution is 7.14. The lowest BCUT2D eigenvalue weighted by Gasteiger charge is -2.19. The first-order valence-corrected chi connectivity index (χ1v) is 10.8. The minimum Gasteiger partial charge on any atom is -0.453 e. The number of nitrogens with zero attached hydrogens (tertiary/aromatic N) is 1. The van der Waals surface area contributed by atoms with E-state index >= 15 is 0 Å². The molecule has 2 aromatic heterocycles. The summed E-state index contributed by atoms with van der Waals surface area (Å²) in [6.45, 7) is 6.06. The van der Waals surface area contributed by atoms with E-state index in [1.54, 1.807) is 0 Å². The molecule has 0 radical (unpaired) electrons. The fourth-order valence-corrected chi connectivity index (χ4v) is 5.38. The number of carbonyl (C=O) groups excluding carboxylic acids is 2. The summed E-state index contributed by atoms with van der Waals surface area (Å²) in [6, 6.07) is 4.45. The van der Waals surface area contributed by atoms with Crippen LogP contribution in [0.5, 0.6) is 0 Å². The molecular weight excluding hydrogens is 358 g/mol. The average molecular weight is 386 g/mol. The standard InChI is InChI=1S/C22H27NO3S/c1-4-15-5-8-20-16(10-15)11-21(27-20)22(25)26-12-19(24)18-9-13(2)23(14(18)3)17-6-7-17/h9,11,15,17H,4-8,10,12H2,1-3H3/t15-/m0/s1. The van der Waals surface area contributed by atoms with Gasteiger partial charge in [-0.2, -0.15) is 0 Å². The molecule has 2 aliphatic carbocycles. The molecule has 1 fully saturated rings. The minimum atomic E-state index is -0.369. The molecule has 2 heterocycles. The Labute approximate surface area is 164 Å². The van der Waals surface area contributed by atoms with Crippen molar-refractivity contribution in [1.82, 2.24) is 4.57 Å². The van der Waals surface area contributed by atoms with Crippen molar-refractivity contribution in [1.29, 1.82) is 0 Å². The van der Waals surface area contributed by atoms with Gasteiger partial charge in [-0.05, 0) is 69.6 Å². The lowest BCUT2D eigenvalue weighted by atomic mass is 9.87. The first-order chi connectivity index (χ1) is 13.0. The highest BCUT2D eigenvalue weighted by Crippen LogP contribution is 2.38. The van der Waals surface area contributed by atoms with Gasteiger partial charge in [0.15, 0.2) is 6.61 Å². The smallest absolute Gasteiger partial charge is 0.348 e. The van der Waals surface area contributed by atoms with Crippen molar-refractivity contribution >= 4 is 23.1 Å². The topological polar surface area (TPSA) is 48.3 Å². The molecule has 144 valence electrons. The summed E-state index contributed by atoms with van der Waals surface area (Å²) >= 11 is 1.54. The predicted molar refractivity (Wildman–Crippen MR) is 107 cm³/mol. The Balaban J connectivity index is 1.40. The van der Waals surface area contributed by atoms with Crippen LogP contribution in [0.15, 0.2) is 12.1 Å². The van der Waals surface area contributed by atoms with Gasteiger partial charge in [-0.25, -0.2) is 4.79 Å². The number of carbonyl (C=O) groups is 2. The second kappa shape index (κ2) is 7.27. The number of ether oxygens (including phenoxy) is 1. The first kappa shape index (κ1) is 18.5. The quantitative estimate of drug-likeness (QED) is 0.516. The van der Waals surface area contributed by atoms with E-state index in [0.717, 1.165) is 30.1 Å². The molecule has 0 unspecified atom stereocenters. The molecule has 27 heavy (non-hydrogen) atoms. The average Bonchev–Trinajstić information content (AvgIpc) is 3.32. The number of fused-ring (bicyclic) bond motifs is 1. The van der Waals surface area contributed by atoms with Gasteiger partial charge in [-0.15, -0.1) is 11.3 Å². The fourth-order valence-electron chi connectivity index (χ4n) is 4.28. The van der Waals surface area contributed by atoms with Crippen LogP contribution < -0.4 is 0 Å². The SMILES string of the molecule is CC[C@H]1CCc2sc(C(=O)OCC(=O)c3cc(C)n(C4CC4)c3C)cc2C1. The van der Waals surface area contributed by atoms with Crippen LogP contribution in [-0.4, -0.2) is 22.9 Å². The number of rotatable bonds is 6. The van der Waals surface area contributed by atoms with Gasteiger partial charge in [-0.3, -0.25) is 4.79 Å². The van der Waals surface area contributed by atoms with Crippen molar-refractivity contribution in [3.63, 3.8) is 0 Å². The zero-order valence-electron chi connectivity index (χ0n) is 16.3. The Morgan fingerprint density at radius 2 is 2.00 bits per heavy atom. The number of ketones is 1. The number of thiophene rings is 1. The van der Waals surface area contributed by atoms with E-state index in [2.05, 4.69) is 11.5 Å². The van der Waals surface area contributed by atoms with Crippen LogP contribution in [0.25, 0.3) is 0 Å². The highest BCUT2D eigenvalue weighted by Gasteiger charge is 2.29. The minimum absolute atomic E-state index is 0.115. The Morgan fingerprint density at radius 3 is 2.70 bits per heavy atom. The molecule has 0 bridgehead atoms. The molecule has 2 aromatic rings. The third-order valence-corrected chi connectivity index (χ3v) is 7.21. The van der Waals surface area contributed by atoms with Crippen LogP contribution >= 0.6 is 11.3 Å². The molecule has 0 aliphatic heterocycles. The number of aryl methyl sites for hydroxylation is 2. The number of hydrogen-bond donors (Lipinski definition) is 0. The molecular formula is C22H27NO3S. The Kier molecular flexibility index (Phi) is 4.97. The van der Waals surface area contributed by atoms with E-state index in [1.165, 1.54) is 47.5 Å². The molecule has 2 aliphatic rings. The summed E-state index contributed by atoms with van der Waals surface area (Å²) < 4.78 is 7.61. The fraction of sp³-hybridized carbons (Fsp3) is 0.545. The Hall–Kier alpha value is -1.88. The van der Waals surface area contributed by atoms with Crippen LogP contribution in [0, 0.1) is 19.8 Å². The Bertz CT molecular complexity index is 888. The highest BCUT2D eigenvalue weighted by atomic mass is 32.1. The van der Waals surface area contributed by atoms with E-state index < -0.39 is 0 Å². The number of aromatic nitrogens is 1. The maximum absolute atomic E-state index is 12.6. The molecule has 0 amide bonds. The summed E-state index contributed by atoms with van der Waals surface area (Å²) in [6.07, 6.45) is 6.86. The van der Waals surface area contributed by atoms with Crippen molar-refractivity contribution in [2.24, 2.45) is 5.92 Å². The van der Waals surface area contributed by atoms with Crippen molar-refractivity contribution in [3.8, 4) is 0 Å². The van der Waals surface area contributed by atoms with Gasteiger partial charge in [-0.1, -0.05) is 13.3 Å². The second-order valence-electron chi connectivity index (χ2n) is 7.96. The molecule has 0 aromatic carbocycles. The third kappa shape index (κ3) is 3.62. The molecule has 4 nitrogen and oxygen atoms in total. The summed E-state index contributed by atoms with van der Waals surface area (Å²) in [5.74, 6) is 0.238. The van der Waals surface area contributed by atoms with Crippen molar-refractivity contribution in [2.45, 2.75) is 65.3 Å². The molecule has 0 spiro atoms. The maximum atomic E-state index is 12.6. The normalized spacial score (nSPS) is 19.0. The largest absolute Gasteiger partial charge is 0.453 e. The molecule has 5 heteroatoms. The van der Waals surface area contributed by atoms with E-state index in [0.29, 0.717) is 16.5 Å². The zero-order chi connectivity index (χ0) is 19.1. The Morgan fingerprint density at radius 1 is 1.22 bits per heavy atom. The van der Waals surface area contributed by atoms with E-state index in [-0.39, 0.29) is 18.4 Å². The number of hydrogen-bond acceptors (Lipinski definition) is 4. The van der Waals surface area contributed by atoms with Crippen molar-refractivity contribution < 1.29 is 14.3 Å². The van der Waals surface area contributed by atoms with Gasteiger partial charge in [0.25, 0.3) is 0 Å². The van der Waals surface area contributed by atoms with E-state index in [9.17, 15) is 9.59 Å². The van der Waals surface area contributed by atoms with Crippen LogP contribution in [-0.2, 0) is 17.6 Å². The monoisotopic (exact) mass is 385 g/mol. The van der Waals surface area contributed by atoms with Crippen molar-refractivity contribution in [3.05, 3.63) is 44.4 Å². The summed E-state index contributed by atoms with van der Waals surface area (Å²) in [5.41, 5.74) is 4.09. The predicted octanol–water partition coefficient (Wildman–Crippen LogP) is 5.06. The van der Waals surface area contributed by atoms with Gasteiger partial charge in [0.2, 0.25) is 5.78 Å². The van der Waals surface area contributed by atoms with Crippen LogP contribution in [0.2, 0.25) is 0 Å². The lowest BCUT2D eigenvalue weighted by molar-refractivity contribution is 0.0479. The number of esters is 1. The summed E-state index contributed by atoms with van der Waals surface area (Å²) in [5, 5.41) is 0. The molecule has 0 N–H and O–H groups in total. The summed E-state index contributed by atoms with van der Waals surface area (Å²) in [4.78, 5) is 27.0. The molecule has 0 saturated heterocycles. The van der Waals surface area contributed by atoms with Gasteiger partial charge in [0, 0.05) is 27.9 Å². The van der Waals surface area contributed by atoms with Crippen LogP contribution in [0.1, 0.15) is 80.5 Å². The van der Waals surface area contributed by atoms with Crippen molar-refractivity contribution in [2.75, 3.05) is 6.61 Å². The second-order valence-corrected chi connectivity index (χ2v) is 9.10. The lowest BCUT2D eigenvalue weighted by Crippen LogP contribution is -2.14. The summed E-state index contributed by atoms with van der Waals surface area (Å²) in [7, 11) is 0. The van der Waals surface area contributed by atoms with Gasteiger partial charge in [0.1, 0.15) is 4.88 Å². The van der Waals surface area contributed by atoms with Gasteiger partial charge < -0.3 is 9.30 Å². The third-order valence-electron chi connectivity index (χ3n) is 5.99. The van der Waals surface area contributed by atoms with Crippen LogP contribution in [0.3, 0.4) is 0 Å².